The molecule has 0 aliphatic heterocycles. The Hall–Kier alpha value is -4.02. The minimum atomic E-state index is -4.04. The molecule has 0 spiro atoms. The van der Waals surface area contributed by atoms with Crippen LogP contribution in [0.25, 0.3) is 28.2 Å². The van der Waals surface area contributed by atoms with Crippen LogP contribution in [0, 0.1) is 0 Å². The summed E-state index contributed by atoms with van der Waals surface area (Å²) in [4.78, 5) is 16.0. The van der Waals surface area contributed by atoms with Crippen molar-refractivity contribution >= 4 is 16.0 Å². The van der Waals surface area contributed by atoms with Gasteiger partial charge in [0.05, 0.1) is 29.1 Å². The highest BCUT2D eigenvalue weighted by molar-refractivity contribution is 7.89. The number of nitrogens with zero attached hydrogens (tertiary/aromatic N) is 3. The van der Waals surface area contributed by atoms with Crippen LogP contribution in [0.4, 0.5) is 0 Å². The zero-order chi connectivity index (χ0) is 25.7. The van der Waals surface area contributed by atoms with Crippen LogP contribution in [-0.2, 0) is 26.2 Å². The summed E-state index contributed by atoms with van der Waals surface area (Å²) >= 11 is 0. The maximum Gasteiger partial charge on any atom is 0.306 e. The Morgan fingerprint density at radius 2 is 1.83 bits per heavy atom. The number of nitrogens with two attached hydrogens (primary N) is 1. The molecular formula is C26H26N4O5S. The van der Waals surface area contributed by atoms with Crippen molar-refractivity contribution in [1.82, 2.24) is 14.8 Å². The van der Waals surface area contributed by atoms with E-state index in [0.717, 1.165) is 16.8 Å². The normalized spacial score (nSPS) is 11.3. The van der Waals surface area contributed by atoms with E-state index in [1.165, 1.54) is 6.07 Å². The van der Waals surface area contributed by atoms with Crippen molar-refractivity contribution in [2.45, 2.75) is 31.3 Å². The van der Waals surface area contributed by atoms with Gasteiger partial charge in [0.25, 0.3) is 0 Å². The lowest BCUT2D eigenvalue weighted by Crippen LogP contribution is -2.16. The van der Waals surface area contributed by atoms with E-state index in [1.54, 1.807) is 36.3 Å². The van der Waals surface area contributed by atoms with Crippen molar-refractivity contribution in [3.63, 3.8) is 0 Å². The number of sulfonamides is 1. The van der Waals surface area contributed by atoms with Gasteiger partial charge in [-0.2, -0.15) is 5.10 Å². The molecule has 0 bridgehead atoms. The first kappa shape index (κ1) is 25.1. The van der Waals surface area contributed by atoms with Crippen LogP contribution in [0.5, 0.6) is 5.75 Å². The first-order valence-corrected chi connectivity index (χ1v) is 12.8. The molecule has 2 aromatic carbocycles. The van der Waals surface area contributed by atoms with Gasteiger partial charge < -0.3 is 9.47 Å². The zero-order valence-corrected chi connectivity index (χ0v) is 20.7. The van der Waals surface area contributed by atoms with Crippen molar-refractivity contribution in [3.05, 3.63) is 78.6 Å². The Morgan fingerprint density at radius 3 is 2.47 bits per heavy atom. The van der Waals surface area contributed by atoms with Crippen molar-refractivity contribution in [2.75, 3.05) is 7.11 Å². The molecule has 10 heteroatoms. The van der Waals surface area contributed by atoms with Crippen molar-refractivity contribution in [3.8, 4) is 34.0 Å². The number of hydrogen-bond donors (Lipinski definition) is 1. The third-order valence-electron chi connectivity index (χ3n) is 5.49. The molecule has 2 heterocycles. The maximum absolute atomic E-state index is 12.2. The van der Waals surface area contributed by atoms with Crippen molar-refractivity contribution in [1.29, 1.82) is 0 Å². The number of hydrogen-bond acceptors (Lipinski definition) is 7. The number of ether oxygens (including phenoxy) is 2. The Labute approximate surface area is 209 Å². The van der Waals surface area contributed by atoms with Crippen LogP contribution in [0.15, 0.2) is 78.0 Å². The van der Waals surface area contributed by atoms with Gasteiger partial charge in [-0.1, -0.05) is 6.92 Å². The lowest BCUT2D eigenvalue weighted by molar-refractivity contribution is -0.145. The molecule has 36 heavy (non-hydrogen) atoms. The second kappa shape index (κ2) is 10.7. The Bertz CT molecular complexity index is 1470. The molecule has 2 aromatic heterocycles. The predicted molar refractivity (Wildman–Crippen MR) is 135 cm³/mol. The highest BCUT2D eigenvalue weighted by Gasteiger charge is 2.19. The van der Waals surface area contributed by atoms with Crippen molar-refractivity contribution < 1.29 is 22.7 Å². The van der Waals surface area contributed by atoms with Crippen LogP contribution in [0.3, 0.4) is 0 Å². The fraction of sp³-hybridized carbons (Fsp3) is 0.192. The molecule has 0 radical (unpaired) electrons. The third-order valence-corrected chi connectivity index (χ3v) is 6.50. The number of esters is 1. The molecule has 9 nitrogen and oxygen atoms in total. The third kappa shape index (κ3) is 5.61. The summed E-state index contributed by atoms with van der Waals surface area (Å²) in [6, 6.07) is 17.8. The number of rotatable bonds is 9. The second-order valence-electron chi connectivity index (χ2n) is 8.04. The number of benzene rings is 2. The molecule has 0 fully saturated rings. The smallest absolute Gasteiger partial charge is 0.306 e. The van der Waals surface area contributed by atoms with E-state index in [-0.39, 0.29) is 23.5 Å². The quantitative estimate of drug-likeness (QED) is 0.339. The second-order valence-corrected chi connectivity index (χ2v) is 9.57. The van der Waals surface area contributed by atoms with Gasteiger partial charge in [0.1, 0.15) is 12.4 Å². The lowest BCUT2D eigenvalue weighted by Gasteiger charge is -2.13. The molecule has 0 aliphatic carbocycles. The van der Waals surface area contributed by atoms with Gasteiger partial charge in [-0.3, -0.25) is 9.78 Å². The molecule has 0 saturated heterocycles. The number of primary sulfonamides is 1. The number of carbonyl (C=O) groups is 1. The van der Waals surface area contributed by atoms with Gasteiger partial charge in [0.15, 0.2) is 0 Å². The molecule has 0 amide bonds. The summed E-state index contributed by atoms with van der Waals surface area (Å²) in [7, 11) is -2.44. The van der Waals surface area contributed by atoms with Crippen molar-refractivity contribution in [2.24, 2.45) is 5.14 Å². The Kier molecular flexibility index (Phi) is 7.47. The summed E-state index contributed by atoms with van der Waals surface area (Å²) in [5, 5.41) is 10.2. The van der Waals surface area contributed by atoms with Crippen LogP contribution >= 0.6 is 0 Å². The molecule has 2 N–H and O–H groups in total. The highest BCUT2D eigenvalue weighted by atomic mass is 32.2. The molecule has 4 aromatic rings. The summed E-state index contributed by atoms with van der Waals surface area (Å²) in [6.45, 7) is 1.63. The predicted octanol–water partition coefficient (Wildman–Crippen LogP) is 4.10. The van der Waals surface area contributed by atoms with Crippen LogP contribution < -0.4 is 9.88 Å². The summed E-state index contributed by atoms with van der Waals surface area (Å²) < 4.78 is 36.7. The summed E-state index contributed by atoms with van der Waals surface area (Å²) in [5.74, 6) is 0.297. The Balaban J connectivity index is 1.84. The molecular weight excluding hydrogens is 480 g/mol. The number of pyridine rings is 1. The molecule has 0 aliphatic rings. The average molecular weight is 507 g/mol. The van der Waals surface area contributed by atoms with Crippen LogP contribution in [0.1, 0.15) is 25.3 Å². The molecule has 186 valence electrons. The monoisotopic (exact) mass is 506 g/mol. The minimum Gasteiger partial charge on any atom is -0.497 e. The lowest BCUT2D eigenvalue weighted by atomic mass is 10.1. The summed E-state index contributed by atoms with van der Waals surface area (Å²) in [6.07, 6.45) is 4.26. The van der Waals surface area contributed by atoms with Crippen LogP contribution in [-0.4, -0.2) is 36.3 Å². The fourth-order valence-corrected chi connectivity index (χ4v) is 4.46. The minimum absolute atomic E-state index is 0.110. The first-order chi connectivity index (χ1) is 17.3. The van der Waals surface area contributed by atoms with Gasteiger partial charge >= 0.3 is 5.97 Å². The van der Waals surface area contributed by atoms with E-state index < -0.39 is 16.0 Å². The molecule has 4 rings (SSSR count). The molecule has 0 unspecified atom stereocenters. The molecule has 0 atom stereocenters. The fourth-order valence-electron chi connectivity index (χ4n) is 3.72. The topological polar surface area (TPSA) is 126 Å². The van der Waals surface area contributed by atoms with Gasteiger partial charge in [0.2, 0.25) is 10.0 Å². The largest absolute Gasteiger partial charge is 0.497 e. The van der Waals surface area contributed by atoms with E-state index in [0.29, 0.717) is 23.6 Å². The van der Waals surface area contributed by atoms with E-state index in [2.05, 4.69) is 4.98 Å². The van der Waals surface area contributed by atoms with E-state index in [4.69, 9.17) is 19.7 Å². The van der Waals surface area contributed by atoms with Gasteiger partial charge in [-0.25, -0.2) is 18.2 Å². The standard InChI is InChI=1S/C26H26N4O5S/c1-3-5-26(31)35-17-20-14-21(9-12-25(20)36(27,32)33)30-24(18-7-10-22(34-2)11-8-18)15-23(29-30)19-6-4-13-28-16-19/h4,6-16H,3,5,17H2,1-2H3,(H2,27,32,33). The van der Waals surface area contributed by atoms with E-state index >= 15 is 0 Å². The highest BCUT2D eigenvalue weighted by Crippen LogP contribution is 2.31. The number of aromatic nitrogens is 3. The number of carbonyl (C=O) groups excluding carboxylic acids is 1. The summed E-state index contributed by atoms with van der Waals surface area (Å²) in [5.41, 5.74) is 3.96. The van der Waals surface area contributed by atoms with E-state index in [9.17, 15) is 13.2 Å². The van der Waals surface area contributed by atoms with Gasteiger partial charge in [0, 0.05) is 35.5 Å². The van der Waals surface area contributed by atoms with Gasteiger partial charge in [-0.05, 0) is 67.1 Å². The number of methoxy groups -OCH3 is 1. The molecule has 0 saturated carbocycles. The first-order valence-electron chi connectivity index (χ1n) is 11.3. The Morgan fingerprint density at radius 1 is 1.06 bits per heavy atom. The zero-order valence-electron chi connectivity index (χ0n) is 19.9. The average Bonchev–Trinajstić information content (AvgIpc) is 3.33. The van der Waals surface area contributed by atoms with Crippen LogP contribution in [0.2, 0.25) is 0 Å². The maximum atomic E-state index is 12.2. The SMILES string of the molecule is CCCC(=O)OCc1cc(-n2nc(-c3cccnc3)cc2-c2ccc(OC)cc2)ccc1S(N)(=O)=O. The van der Waals surface area contributed by atoms with Gasteiger partial charge in [-0.15, -0.1) is 0 Å². The van der Waals surface area contributed by atoms with E-state index in [1.807, 2.05) is 49.4 Å².